The lowest BCUT2D eigenvalue weighted by Gasteiger charge is -2.24. The number of amides is 3. The van der Waals surface area contributed by atoms with E-state index in [2.05, 4.69) is 10.0 Å². The van der Waals surface area contributed by atoms with Gasteiger partial charge in [-0.1, -0.05) is 11.6 Å². The minimum Gasteiger partial charge on any atom is -0.324 e. The minimum atomic E-state index is -3.93. The average Bonchev–Trinajstić information content (AvgIpc) is 3.44. The van der Waals surface area contributed by atoms with E-state index < -0.39 is 22.0 Å². The Labute approximate surface area is 198 Å². The zero-order chi connectivity index (χ0) is 23.8. The van der Waals surface area contributed by atoms with Crippen molar-refractivity contribution >= 4 is 44.9 Å². The normalized spacial score (nSPS) is 16.6. The van der Waals surface area contributed by atoms with Crippen LogP contribution in [0.2, 0.25) is 5.02 Å². The third kappa shape index (κ3) is 5.00. The van der Waals surface area contributed by atoms with Crippen molar-refractivity contribution in [2.75, 3.05) is 29.9 Å². The maximum absolute atomic E-state index is 12.9. The Hall–Kier alpha value is -2.62. The molecule has 2 aliphatic heterocycles. The zero-order valence-electron chi connectivity index (χ0n) is 18.6. The monoisotopic (exact) mass is 490 g/mol. The molecule has 3 amide bonds. The number of benzene rings is 2. The van der Waals surface area contributed by atoms with Crippen LogP contribution in [-0.2, 0) is 21.2 Å². The van der Waals surface area contributed by atoms with Crippen LogP contribution < -0.4 is 14.9 Å². The highest BCUT2D eigenvalue weighted by molar-refractivity contribution is 7.89. The van der Waals surface area contributed by atoms with Gasteiger partial charge < -0.3 is 10.2 Å². The summed E-state index contributed by atoms with van der Waals surface area (Å²) in [6.45, 7) is 5.34. The predicted octanol–water partition coefficient (Wildman–Crippen LogP) is 3.53. The number of halogens is 1. The molecule has 33 heavy (non-hydrogen) atoms. The van der Waals surface area contributed by atoms with Gasteiger partial charge in [-0.25, -0.2) is 13.2 Å². The highest BCUT2D eigenvalue weighted by Crippen LogP contribution is 2.31. The van der Waals surface area contributed by atoms with Gasteiger partial charge in [-0.3, -0.25) is 9.69 Å². The van der Waals surface area contributed by atoms with Crippen LogP contribution in [0, 0.1) is 6.92 Å². The maximum atomic E-state index is 12.9. The van der Waals surface area contributed by atoms with Gasteiger partial charge in [0.2, 0.25) is 15.9 Å². The second-order valence-electron chi connectivity index (χ2n) is 8.46. The third-order valence-electron chi connectivity index (χ3n) is 6.04. The first kappa shape index (κ1) is 23.5. The molecule has 8 nitrogen and oxygen atoms in total. The summed E-state index contributed by atoms with van der Waals surface area (Å²) in [4.78, 5) is 29.0. The number of carbonyl (C=O) groups is 2. The Bertz CT molecular complexity index is 1190. The van der Waals surface area contributed by atoms with Gasteiger partial charge in [0.25, 0.3) is 0 Å². The number of likely N-dealkylation sites (tertiary alicyclic amines) is 1. The van der Waals surface area contributed by atoms with E-state index in [9.17, 15) is 18.0 Å². The van der Waals surface area contributed by atoms with Crippen molar-refractivity contribution in [3.63, 3.8) is 0 Å². The molecule has 2 aromatic carbocycles. The van der Waals surface area contributed by atoms with E-state index in [0.717, 1.165) is 42.7 Å². The number of carbonyl (C=O) groups excluding carboxylic acids is 2. The molecule has 0 spiro atoms. The molecule has 0 bridgehead atoms. The molecular weight excluding hydrogens is 464 g/mol. The lowest BCUT2D eigenvalue weighted by Crippen LogP contribution is -2.41. The highest BCUT2D eigenvalue weighted by atomic mass is 35.5. The van der Waals surface area contributed by atoms with E-state index in [1.807, 2.05) is 4.90 Å². The van der Waals surface area contributed by atoms with Gasteiger partial charge in [0, 0.05) is 36.0 Å². The predicted molar refractivity (Wildman–Crippen MR) is 128 cm³/mol. The average molecular weight is 491 g/mol. The molecule has 176 valence electrons. The smallest absolute Gasteiger partial charge is 0.324 e. The standard InChI is InChI=1S/C23H27ClN4O4S/c1-15-13-18(24)5-7-20(15)25-22(29)16(2)26-33(31,32)19-6-8-21-17(14-19)9-12-28(21)23(30)27-10-3-4-11-27/h5-8,13-14,16,26H,3-4,9-12H2,1-2H3,(H,25,29)/t16-/m1/s1. The SMILES string of the molecule is Cc1cc(Cl)ccc1NC(=O)[C@@H](C)NS(=O)(=O)c1ccc2c(c1)CCN2C(=O)N1CCCC1. The van der Waals surface area contributed by atoms with Gasteiger partial charge in [0.15, 0.2) is 0 Å². The van der Waals surface area contributed by atoms with Crippen LogP contribution in [0.3, 0.4) is 0 Å². The lowest BCUT2D eigenvalue weighted by atomic mass is 10.2. The summed E-state index contributed by atoms with van der Waals surface area (Å²) in [5.41, 5.74) is 2.89. The van der Waals surface area contributed by atoms with Crippen molar-refractivity contribution < 1.29 is 18.0 Å². The zero-order valence-corrected chi connectivity index (χ0v) is 20.2. The summed E-state index contributed by atoms with van der Waals surface area (Å²) < 4.78 is 28.3. The molecule has 0 unspecified atom stereocenters. The van der Waals surface area contributed by atoms with Crippen LogP contribution in [-0.4, -0.2) is 50.9 Å². The van der Waals surface area contributed by atoms with Crippen LogP contribution in [0.15, 0.2) is 41.3 Å². The number of sulfonamides is 1. The summed E-state index contributed by atoms with van der Waals surface area (Å²) in [7, 11) is -3.93. The summed E-state index contributed by atoms with van der Waals surface area (Å²) in [6, 6.07) is 8.76. The van der Waals surface area contributed by atoms with E-state index in [1.54, 1.807) is 42.2 Å². The molecule has 2 aromatic rings. The molecule has 0 saturated carbocycles. The first-order chi connectivity index (χ1) is 15.7. The number of rotatable bonds is 5. The molecule has 1 saturated heterocycles. The third-order valence-corrected chi connectivity index (χ3v) is 7.81. The van der Waals surface area contributed by atoms with Crippen LogP contribution in [0.25, 0.3) is 0 Å². The molecule has 4 rings (SSSR count). The Morgan fingerprint density at radius 2 is 1.79 bits per heavy atom. The van der Waals surface area contributed by atoms with E-state index >= 15 is 0 Å². The molecule has 10 heteroatoms. The largest absolute Gasteiger partial charge is 0.324 e. The topological polar surface area (TPSA) is 98.8 Å². The van der Waals surface area contributed by atoms with Gasteiger partial charge in [0.05, 0.1) is 10.9 Å². The summed E-state index contributed by atoms with van der Waals surface area (Å²) in [5.74, 6) is -0.479. The van der Waals surface area contributed by atoms with Crippen molar-refractivity contribution in [1.29, 1.82) is 0 Å². The summed E-state index contributed by atoms with van der Waals surface area (Å²) in [5, 5.41) is 3.28. The Kier molecular flexibility index (Phi) is 6.65. The number of fused-ring (bicyclic) bond motifs is 1. The summed E-state index contributed by atoms with van der Waals surface area (Å²) in [6.07, 6.45) is 2.61. The second kappa shape index (κ2) is 9.32. The number of hydrogen-bond acceptors (Lipinski definition) is 4. The van der Waals surface area contributed by atoms with Crippen molar-refractivity contribution in [3.8, 4) is 0 Å². The number of nitrogens with zero attached hydrogens (tertiary/aromatic N) is 2. The van der Waals surface area contributed by atoms with E-state index in [0.29, 0.717) is 23.7 Å². The molecule has 2 aliphatic rings. The van der Waals surface area contributed by atoms with Crippen molar-refractivity contribution in [3.05, 3.63) is 52.5 Å². The number of aryl methyl sites for hydroxylation is 1. The Balaban J connectivity index is 1.45. The number of hydrogen-bond donors (Lipinski definition) is 2. The lowest BCUT2D eigenvalue weighted by molar-refractivity contribution is -0.117. The van der Waals surface area contributed by atoms with Crippen molar-refractivity contribution in [2.24, 2.45) is 0 Å². The molecule has 2 heterocycles. The van der Waals surface area contributed by atoms with Gasteiger partial charge in [-0.15, -0.1) is 0 Å². The van der Waals surface area contributed by atoms with Crippen LogP contribution in [0.1, 0.15) is 30.9 Å². The molecule has 2 N–H and O–H groups in total. The Morgan fingerprint density at radius 3 is 2.48 bits per heavy atom. The van der Waals surface area contributed by atoms with Crippen molar-refractivity contribution in [2.45, 2.75) is 44.0 Å². The highest BCUT2D eigenvalue weighted by Gasteiger charge is 2.31. The molecule has 0 aliphatic carbocycles. The fourth-order valence-electron chi connectivity index (χ4n) is 4.19. The van der Waals surface area contributed by atoms with Crippen LogP contribution in [0.5, 0.6) is 0 Å². The fraction of sp³-hybridized carbons (Fsp3) is 0.391. The van der Waals surface area contributed by atoms with E-state index in [-0.39, 0.29) is 10.9 Å². The first-order valence-electron chi connectivity index (χ1n) is 10.9. The number of nitrogens with one attached hydrogen (secondary N) is 2. The van der Waals surface area contributed by atoms with Gasteiger partial charge in [0.1, 0.15) is 0 Å². The molecule has 1 fully saturated rings. The van der Waals surface area contributed by atoms with Gasteiger partial charge in [-0.2, -0.15) is 4.72 Å². The van der Waals surface area contributed by atoms with Crippen LogP contribution >= 0.6 is 11.6 Å². The quantitative estimate of drug-likeness (QED) is 0.669. The first-order valence-corrected chi connectivity index (χ1v) is 12.8. The second-order valence-corrected chi connectivity index (χ2v) is 10.6. The number of urea groups is 1. The summed E-state index contributed by atoms with van der Waals surface area (Å²) >= 11 is 5.94. The minimum absolute atomic E-state index is 0.0252. The molecule has 1 atom stereocenters. The maximum Gasteiger partial charge on any atom is 0.324 e. The van der Waals surface area contributed by atoms with Gasteiger partial charge >= 0.3 is 6.03 Å². The van der Waals surface area contributed by atoms with Crippen molar-refractivity contribution in [1.82, 2.24) is 9.62 Å². The number of anilines is 2. The molecule has 0 aromatic heterocycles. The van der Waals surface area contributed by atoms with E-state index in [4.69, 9.17) is 11.6 Å². The van der Waals surface area contributed by atoms with Crippen LogP contribution in [0.4, 0.5) is 16.2 Å². The fourth-order valence-corrected chi connectivity index (χ4v) is 5.67. The molecular formula is C23H27ClN4O4S. The van der Waals surface area contributed by atoms with E-state index in [1.165, 1.54) is 13.0 Å². The molecule has 0 radical (unpaired) electrons. The van der Waals surface area contributed by atoms with Gasteiger partial charge in [-0.05, 0) is 80.6 Å². The Morgan fingerprint density at radius 1 is 1.06 bits per heavy atom.